The lowest BCUT2D eigenvalue weighted by Gasteiger charge is -2.30. The molecule has 0 radical (unpaired) electrons. The number of nitrogen functional groups attached to an aromatic ring is 1. The van der Waals surface area contributed by atoms with E-state index in [0.29, 0.717) is 26.2 Å². The summed E-state index contributed by atoms with van der Waals surface area (Å²) >= 11 is 0. The van der Waals surface area contributed by atoms with Gasteiger partial charge >= 0.3 is 0 Å². The van der Waals surface area contributed by atoms with Gasteiger partial charge in [-0.3, -0.25) is 0 Å². The van der Waals surface area contributed by atoms with Crippen molar-refractivity contribution in [2.24, 2.45) is 22.9 Å². The van der Waals surface area contributed by atoms with E-state index in [-0.39, 0.29) is 0 Å². The van der Waals surface area contributed by atoms with Crippen molar-refractivity contribution >= 4 is 22.7 Å². The molecule has 0 unspecified atom stereocenters. The van der Waals surface area contributed by atoms with Crippen LogP contribution in [0.5, 0.6) is 0 Å². The quantitative estimate of drug-likeness (QED) is 0.102. The Labute approximate surface area is 271 Å². The van der Waals surface area contributed by atoms with E-state index in [0.717, 1.165) is 78.4 Å². The summed E-state index contributed by atoms with van der Waals surface area (Å²) in [5.74, 6) is 0. The van der Waals surface area contributed by atoms with Crippen LogP contribution in [0, 0.1) is 0 Å². The van der Waals surface area contributed by atoms with Gasteiger partial charge in [0, 0.05) is 48.8 Å². The Morgan fingerprint density at radius 3 is 1.15 bits per heavy atom. The van der Waals surface area contributed by atoms with E-state index in [1.54, 1.807) is 0 Å². The molecule has 6 heteroatoms. The highest BCUT2D eigenvalue weighted by Gasteiger charge is 2.24. The molecule has 0 aliphatic carbocycles. The number of hydrogen-bond donors (Lipinski definition) is 5. The summed E-state index contributed by atoms with van der Waals surface area (Å²) in [7, 11) is 0. The Hall–Kier alpha value is -5.24. The van der Waals surface area contributed by atoms with E-state index >= 15 is 0 Å². The Kier molecular flexibility index (Phi) is 9.24. The summed E-state index contributed by atoms with van der Waals surface area (Å²) in [4.78, 5) is 2.30. The Morgan fingerprint density at radius 2 is 0.739 bits per heavy atom. The molecule has 6 aromatic rings. The fourth-order valence-corrected chi connectivity index (χ4v) is 5.88. The molecule has 0 aromatic heterocycles. The summed E-state index contributed by atoms with van der Waals surface area (Å²) in [6.07, 6.45) is 0. The van der Waals surface area contributed by atoms with Crippen LogP contribution in [-0.2, 0) is 26.2 Å². The van der Waals surface area contributed by atoms with E-state index in [1.165, 1.54) is 0 Å². The first-order valence-corrected chi connectivity index (χ1v) is 15.5. The fourth-order valence-electron chi connectivity index (χ4n) is 5.88. The first kappa shape index (κ1) is 30.8. The van der Waals surface area contributed by atoms with Crippen molar-refractivity contribution in [2.75, 3.05) is 10.6 Å². The predicted octanol–water partition coefficient (Wildman–Crippen LogP) is 7.57. The number of rotatable bonds is 10. The Balaban J connectivity index is 1.71. The van der Waals surface area contributed by atoms with Crippen molar-refractivity contribution in [3.63, 3.8) is 0 Å². The maximum Gasteiger partial charge on any atom is 0.0546 e. The van der Waals surface area contributed by atoms with Gasteiger partial charge in [-0.15, -0.1) is 0 Å². The molecule has 0 aliphatic heterocycles. The molecule has 0 atom stereocenters. The normalized spacial score (nSPS) is 11.0. The van der Waals surface area contributed by atoms with Crippen molar-refractivity contribution in [1.82, 2.24) is 0 Å². The zero-order valence-corrected chi connectivity index (χ0v) is 25.9. The van der Waals surface area contributed by atoms with E-state index in [2.05, 4.69) is 126 Å². The number of hydrogen-bond acceptors (Lipinski definition) is 6. The summed E-state index contributed by atoms with van der Waals surface area (Å²) in [6, 6.07) is 46.4. The van der Waals surface area contributed by atoms with Crippen molar-refractivity contribution in [2.45, 2.75) is 26.2 Å². The molecule has 6 nitrogen and oxygen atoms in total. The first-order valence-electron chi connectivity index (χ1n) is 15.5. The molecule has 230 valence electrons. The first-order chi connectivity index (χ1) is 22.5. The second-order valence-corrected chi connectivity index (χ2v) is 11.4. The van der Waals surface area contributed by atoms with Crippen LogP contribution >= 0.6 is 0 Å². The van der Waals surface area contributed by atoms with Crippen molar-refractivity contribution in [3.05, 3.63) is 156 Å². The molecule has 0 saturated heterocycles. The molecule has 6 rings (SSSR count). The van der Waals surface area contributed by atoms with Crippen molar-refractivity contribution in [3.8, 4) is 33.4 Å². The molecule has 0 fully saturated rings. The highest BCUT2D eigenvalue weighted by Crippen LogP contribution is 2.49. The molecule has 0 spiro atoms. The van der Waals surface area contributed by atoms with Gasteiger partial charge in [-0.25, -0.2) is 0 Å². The molecule has 0 amide bonds. The number of nitrogens with zero attached hydrogens (tertiary/aromatic N) is 1. The predicted molar refractivity (Wildman–Crippen MR) is 193 cm³/mol. The smallest absolute Gasteiger partial charge is 0.0546 e. The second kappa shape index (κ2) is 13.8. The number of nitrogens with two attached hydrogens (primary N) is 5. The van der Waals surface area contributed by atoms with E-state index in [4.69, 9.17) is 28.7 Å². The van der Waals surface area contributed by atoms with Crippen LogP contribution in [0.2, 0.25) is 0 Å². The maximum absolute atomic E-state index is 6.12. The SMILES string of the molecule is NCc1ccc(-c2c(-c3ccc(N)cc3)ccc(N(c3ccc(CN)cc3)c3ccc(CN)cc3)c2-c2ccc(CN)cc2)cc1. The van der Waals surface area contributed by atoms with Gasteiger partial charge in [0.25, 0.3) is 0 Å². The molecule has 0 bridgehead atoms. The molecular weight excluding hydrogens is 564 g/mol. The molecule has 0 heterocycles. The lowest BCUT2D eigenvalue weighted by atomic mass is 9.85. The minimum Gasteiger partial charge on any atom is -0.399 e. The summed E-state index contributed by atoms with van der Waals surface area (Å²) < 4.78 is 0. The third-order valence-electron chi connectivity index (χ3n) is 8.46. The lowest BCUT2D eigenvalue weighted by Crippen LogP contribution is -2.13. The maximum atomic E-state index is 6.12. The van der Waals surface area contributed by atoms with E-state index in [9.17, 15) is 0 Å². The van der Waals surface area contributed by atoms with Gasteiger partial charge in [0.1, 0.15) is 0 Å². The van der Waals surface area contributed by atoms with Crippen LogP contribution in [0.4, 0.5) is 22.7 Å². The number of benzene rings is 6. The van der Waals surface area contributed by atoms with E-state index < -0.39 is 0 Å². The molecule has 46 heavy (non-hydrogen) atoms. The third kappa shape index (κ3) is 6.29. The van der Waals surface area contributed by atoms with Gasteiger partial charge in [-0.1, -0.05) is 91.0 Å². The molecule has 10 N–H and O–H groups in total. The van der Waals surface area contributed by atoms with Gasteiger partial charge in [-0.05, 0) is 92.5 Å². The van der Waals surface area contributed by atoms with Gasteiger partial charge < -0.3 is 33.6 Å². The summed E-state index contributed by atoms with van der Waals surface area (Å²) in [6.45, 7) is 1.90. The molecule has 0 aliphatic rings. The highest BCUT2D eigenvalue weighted by molar-refractivity contribution is 6.03. The van der Waals surface area contributed by atoms with Crippen LogP contribution < -0.4 is 33.6 Å². The monoisotopic (exact) mass is 604 g/mol. The van der Waals surface area contributed by atoms with Gasteiger partial charge in [0.15, 0.2) is 0 Å². The average molecular weight is 605 g/mol. The van der Waals surface area contributed by atoms with Crippen LogP contribution in [0.1, 0.15) is 22.3 Å². The van der Waals surface area contributed by atoms with Crippen molar-refractivity contribution in [1.29, 1.82) is 0 Å². The van der Waals surface area contributed by atoms with Crippen LogP contribution in [0.15, 0.2) is 133 Å². The van der Waals surface area contributed by atoms with E-state index in [1.807, 2.05) is 12.1 Å². The van der Waals surface area contributed by atoms with Crippen molar-refractivity contribution < 1.29 is 0 Å². The summed E-state index contributed by atoms with van der Waals surface area (Å²) in [5, 5.41) is 0. The van der Waals surface area contributed by atoms with Crippen LogP contribution in [-0.4, -0.2) is 0 Å². The second-order valence-electron chi connectivity index (χ2n) is 11.4. The highest BCUT2D eigenvalue weighted by atomic mass is 15.1. The topological polar surface area (TPSA) is 133 Å². The summed E-state index contributed by atoms with van der Waals surface area (Å²) in [5.41, 5.74) is 44.7. The van der Waals surface area contributed by atoms with Gasteiger partial charge in [0.05, 0.1) is 5.69 Å². The molecular formula is C40H40N6. The zero-order chi connectivity index (χ0) is 32.0. The van der Waals surface area contributed by atoms with Gasteiger partial charge in [-0.2, -0.15) is 0 Å². The molecule has 6 aromatic carbocycles. The lowest BCUT2D eigenvalue weighted by molar-refractivity contribution is 1.07. The van der Waals surface area contributed by atoms with Crippen LogP contribution in [0.3, 0.4) is 0 Å². The fraction of sp³-hybridized carbons (Fsp3) is 0.100. The Morgan fingerprint density at radius 1 is 0.370 bits per heavy atom. The minimum atomic E-state index is 0.471. The third-order valence-corrected chi connectivity index (χ3v) is 8.46. The standard InChI is InChI=1S/C40H40N6/c41-23-27-1-9-32(10-2-27)39-37(31-13-15-34(45)16-14-31)21-22-38(40(39)33-11-3-28(24-42)4-12-33)46(35-17-5-29(25-43)6-18-35)36-19-7-30(26-44)8-20-36/h1-22H,23-26,41-45H2. The van der Waals surface area contributed by atoms with Crippen LogP contribution in [0.25, 0.3) is 33.4 Å². The average Bonchev–Trinajstić information content (AvgIpc) is 3.12. The van der Waals surface area contributed by atoms with Gasteiger partial charge in [0.2, 0.25) is 0 Å². The largest absolute Gasteiger partial charge is 0.399 e. The Bertz CT molecular complexity index is 1850. The zero-order valence-electron chi connectivity index (χ0n) is 25.9. The number of anilines is 4. The minimum absolute atomic E-state index is 0.471. The molecule has 0 saturated carbocycles.